The first-order valence-corrected chi connectivity index (χ1v) is 11.3. The maximum absolute atomic E-state index is 13.0. The molecule has 0 aliphatic carbocycles. The van der Waals surface area contributed by atoms with Crippen LogP contribution in [0.4, 0.5) is 5.69 Å². The van der Waals surface area contributed by atoms with Crippen molar-refractivity contribution in [2.24, 2.45) is 0 Å². The fourth-order valence-electron chi connectivity index (χ4n) is 3.55. The van der Waals surface area contributed by atoms with Gasteiger partial charge in [0, 0.05) is 16.9 Å². The standard InChI is InChI=1S/C26H21NO6S/c1-16-7-10-18(11-8-16)27-24(29)14-23(25(27)30)34-22-6-4-3-5-19(22)26(31)33-20-12-9-17(15-28)13-21(20)32-2/h3-13,15,23H,14H2,1-2H3. The Kier molecular flexibility index (Phi) is 6.79. The second-order valence-corrected chi connectivity index (χ2v) is 8.87. The molecule has 0 bridgehead atoms. The molecule has 1 fully saturated rings. The van der Waals surface area contributed by atoms with Crippen molar-refractivity contribution in [2.75, 3.05) is 12.0 Å². The molecular weight excluding hydrogens is 454 g/mol. The summed E-state index contributed by atoms with van der Waals surface area (Å²) in [6, 6.07) is 18.4. The Bertz CT molecular complexity index is 1270. The van der Waals surface area contributed by atoms with Crippen LogP contribution in [0.2, 0.25) is 0 Å². The van der Waals surface area contributed by atoms with Crippen LogP contribution in [0.25, 0.3) is 0 Å². The zero-order valence-corrected chi connectivity index (χ0v) is 19.3. The third-order valence-corrected chi connectivity index (χ3v) is 6.56. The van der Waals surface area contributed by atoms with Gasteiger partial charge in [-0.05, 0) is 49.4 Å². The van der Waals surface area contributed by atoms with Crippen molar-refractivity contribution in [3.8, 4) is 11.5 Å². The molecule has 3 aromatic carbocycles. The van der Waals surface area contributed by atoms with Gasteiger partial charge in [-0.3, -0.25) is 14.4 Å². The van der Waals surface area contributed by atoms with Crippen molar-refractivity contribution in [3.05, 3.63) is 83.4 Å². The Morgan fingerprint density at radius 2 is 1.76 bits per heavy atom. The Morgan fingerprint density at radius 1 is 1.03 bits per heavy atom. The number of rotatable bonds is 7. The van der Waals surface area contributed by atoms with Crippen molar-refractivity contribution in [2.45, 2.75) is 23.5 Å². The summed E-state index contributed by atoms with van der Waals surface area (Å²) in [7, 11) is 1.41. The molecule has 34 heavy (non-hydrogen) atoms. The van der Waals surface area contributed by atoms with Crippen LogP contribution in [0.3, 0.4) is 0 Å². The highest BCUT2D eigenvalue weighted by atomic mass is 32.2. The molecule has 0 saturated carbocycles. The van der Waals surface area contributed by atoms with Crippen molar-refractivity contribution in [1.82, 2.24) is 0 Å². The number of esters is 1. The number of anilines is 1. The summed E-state index contributed by atoms with van der Waals surface area (Å²) in [6.45, 7) is 1.93. The first-order chi connectivity index (χ1) is 16.4. The molecule has 1 aliphatic heterocycles. The van der Waals surface area contributed by atoms with Gasteiger partial charge in [0.25, 0.3) is 0 Å². The third kappa shape index (κ3) is 4.72. The highest BCUT2D eigenvalue weighted by molar-refractivity contribution is 8.00. The topological polar surface area (TPSA) is 90.0 Å². The number of carbonyl (C=O) groups excluding carboxylic acids is 4. The molecule has 0 radical (unpaired) electrons. The number of hydrogen-bond donors (Lipinski definition) is 0. The van der Waals surface area contributed by atoms with Gasteiger partial charge < -0.3 is 9.47 Å². The Morgan fingerprint density at radius 3 is 2.47 bits per heavy atom. The third-order valence-electron chi connectivity index (χ3n) is 5.30. The lowest BCUT2D eigenvalue weighted by molar-refractivity contribution is -0.121. The fraction of sp³-hybridized carbons (Fsp3) is 0.154. The van der Waals surface area contributed by atoms with Crippen molar-refractivity contribution in [3.63, 3.8) is 0 Å². The van der Waals surface area contributed by atoms with Crippen LogP contribution in [0.1, 0.15) is 32.7 Å². The van der Waals surface area contributed by atoms with Crippen LogP contribution >= 0.6 is 11.8 Å². The molecule has 1 atom stereocenters. The first-order valence-electron chi connectivity index (χ1n) is 10.5. The van der Waals surface area contributed by atoms with Gasteiger partial charge in [-0.2, -0.15) is 0 Å². The van der Waals surface area contributed by atoms with E-state index in [0.717, 1.165) is 17.3 Å². The van der Waals surface area contributed by atoms with Gasteiger partial charge >= 0.3 is 5.97 Å². The van der Waals surface area contributed by atoms with Crippen molar-refractivity contribution in [1.29, 1.82) is 0 Å². The summed E-state index contributed by atoms with van der Waals surface area (Å²) in [4.78, 5) is 51.3. The number of aryl methyl sites for hydroxylation is 1. The predicted octanol–water partition coefficient (Wildman–Crippen LogP) is 4.46. The van der Waals surface area contributed by atoms with Gasteiger partial charge in [-0.1, -0.05) is 29.8 Å². The molecule has 0 spiro atoms. The van der Waals surface area contributed by atoms with E-state index in [2.05, 4.69) is 0 Å². The Balaban J connectivity index is 1.54. The molecule has 1 aliphatic rings. The lowest BCUT2D eigenvalue weighted by Gasteiger charge is -2.16. The van der Waals surface area contributed by atoms with Gasteiger partial charge in [0.15, 0.2) is 11.5 Å². The average molecular weight is 476 g/mol. The van der Waals surface area contributed by atoms with E-state index in [1.165, 1.54) is 30.2 Å². The number of methoxy groups -OCH3 is 1. The number of carbonyl (C=O) groups is 4. The SMILES string of the molecule is COc1cc(C=O)ccc1OC(=O)c1ccccc1SC1CC(=O)N(c2ccc(C)cc2)C1=O. The lowest BCUT2D eigenvalue weighted by atomic mass is 10.2. The number of nitrogens with zero attached hydrogens (tertiary/aromatic N) is 1. The molecule has 3 aromatic rings. The van der Waals surface area contributed by atoms with Crippen LogP contribution in [0.15, 0.2) is 71.6 Å². The predicted molar refractivity (Wildman–Crippen MR) is 128 cm³/mol. The summed E-state index contributed by atoms with van der Waals surface area (Å²) in [5, 5.41) is -0.663. The van der Waals surface area contributed by atoms with Gasteiger partial charge in [0.1, 0.15) is 6.29 Å². The smallest absolute Gasteiger partial charge is 0.344 e. The van der Waals surface area contributed by atoms with E-state index in [1.807, 2.05) is 19.1 Å². The van der Waals surface area contributed by atoms with E-state index in [9.17, 15) is 19.2 Å². The quantitative estimate of drug-likeness (QED) is 0.216. The van der Waals surface area contributed by atoms with E-state index in [0.29, 0.717) is 22.4 Å². The summed E-state index contributed by atoms with van der Waals surface area (Å²) in [6.07, 6.45) is 0.696. The Labute approximate surface area is 200 Å². The summed E-state index contributed by atoms with van der Waals surface area (Å²) >= 11 is 1.16. The number of benzene rings is 3. The maximum atomic E-state index is 13.0. The summed E-state index contributed by atoms with van der Waals surface area (Å²) in [5.74, 6) is -0.851. The van der Waals surface area contributed by atoms with Crippen LogP contribution in [-0.4, -0.2) is 36.4 Å². The van der Waals surface area contributed by atoms with E-state index < -0.39 is 11.2 Å². The van der Waals surface area contributed by atoms with Crippen molar-refractivity contribution < 1.29 is 28.7 Å². The largest absolute Gasteiger partial charge is 0.493 e. The van der Waals surface area contributed by atoms with Crippen LogP contribution < -0.4 is 14.4 Å². The van der Waals surface area contributed by atoms with Crippen LogP contribution in [-0.2, 0) is 9.59 Å². The number of hydrogen-bond acceptors (Lipinski definition) is 7. The van der Waals surface area contributed by atoms with Crippen molar-refractivity contribution >= 4 is 41.5 Å². The van der Waals surface area contributed by atoms with Crippen LogP contribution in [0.5, 0.6) is 11.5 Å². The monoisotopic (exact) mass is 475 g/mol. The highest BCUT2D eigenvalue weighted by Crippen LogP contribution is 2.36. The molecule has 7 nitrogen and oxygen atoms in total. The first kappa shape index (κ1) is 23.3. The number of thioether (sulfide) groups is 1. The van der Waals surface area contributed by atoms with Gasteiger partial charge in [-0.25, -0.2) is 9.69 Å². The Hall–Kier alpha value is -3.91. The number of imide groups is 1. The second kappa shape index (κ2) is 9.93. The number of ether oxygens (including phenoxy) is 2. The summed E-state index contributed by atoms with van der Waals surface area (Å²) in [5.41, 5.74) is 2.19. The fourth-order valence-corrected chi connectivity index (χ4v) is 4.72. The highest BCUT2D eigenvalue weighted by Gasteiger charge is 2.40. The molecule has 1 unspecified atom stereocenters. The zero-order chi connectivity index (χ0) is 24.2. The second-order valence-electron chi connectivity index (χ2n) is 7.63. The zero-order valence-electron chi connectivity index (χ0n) is 18.5. The lowest BCUT2D eigenvalue weighted by Crippen LogP contribution is -2.31. The van der Waals surface area contributed by atoms with Gasteiger partial charge in [-0.15, -0.1) is 11.8 Å². The van der Waals surface area contributed by atoms with E-state index in [-0.39, 0.29) is 35.3 Å². The molecule has 4 rings (SSSR count). The minimum Gasteiger partial charge on any atom is -0.493 e. The van der Waals surface area contributed by atoms with E-state index >= 15 is 0 Å². The van der Waals surface area contributed by atoms with Gasteiger partial charge in [0.2, 0.25) is 11.8 Å². The normalized spacial score (nSPS) is 15.4. The average Bonchev–Trinajstić information content (AvgIpc) is 3.12. The molecule has 1 heterocycles. The number of aldehydes is 1. The molecule has 0 aromatic heterocycles. The van der Waals surface area contributed by atoms with Crippen LogP contribution in [0, 0.1) is 6.92 Å². The summed E-state index contributed by atoms with van der Waals surface area (Å²) < 4.78 is 10.7. The molecule has 0 N–H and O–H groups in total. The molecule has 1 saturated heterocycles. The maximum Gasteiger partial charge on any atom is 0.344 e. The molecule has 8 heteroatoms. The van der Waals surface area contributed by atoms with E-state index in [1.54, 1.807) is 36.4 Å². The molecular formula is C26H21NO6S. The van der Waals surface area contributed by atoms with Gasteiger partial charge in [0.05, 0.1) is 23.6 Å². The number of amides is 2. The van der Waals surface area contributed by atoms with E-state index in [4.69, 9.17) is 9.47 Å². The minimum atomic E-state index is -0.663. The molecule has 172 valence electrons. The molecule has 2 amide bonds. The minimum absolute atomic E-state index is 0.0295.